The van der Waals surface area contributed by atoms with E-state index in [1.807, 2.05) is 0 Å². The third-order valence-electron chi connectivity index (χ3n) is 24.5. The van der Waals surface area contributed by atoms with Crippen molar-refractivity contribution >= 4 is 113 Å². The highest BCUT2D eigenvalue weighted by molar-refractivity contribution is 6.11. The fraction of sp³-hybridized carbons (Fsp3) is 0.0968. The summed E-state index contributed by atoms with van der Waals surface area (Å²) in [5.74, 6) is 0. The number of benzene rings is 21. The van der Waals surface area contributed by atoms with Gasteiger partial charge in [0.25, 0.3) is 0 Å². The van der Waals surface area contributed by atoms with E-state index >= 15 is 0 Å². The maximum absolute atomic E-state index is 4.03. The van der Waals surface area contributed by atoms with Gasteiger partial charge in [-0.15, -0.1) is 0 Å². The number of allylic oxidation sites excluding steroid dienone is 5. The third kappa shape index (κ3) is 18.5. The third-order valence-corrected chi connectivity index (χ3v) is 24.5. The standard InChI is InChI=1S/4C15H12.3C14H12.2C11H10/c1-11-5-4-7-13-10-9-12-6-2-3-8-14(12)15(11)13;1-11-10-12-6-2-3-8-14(12)15-9-5-4-7-13(11)15;1-11-6-9-15-13(10-11)8-7-12-4-2-3-5-14(12)15;1-11-6-7-13-9-8-12-4-2-3-5-14(12)15(13)10-11;1-10-5-4-7-12-9-11-6-2-3-8-13(11)14(10)12;1-10-6-7-14-12(8-10)9-11-4-2-3-5-13(11)14;1-10-6-7-12-9-11-4-2-3-5-13(11)14(12)8-10;2*1-9-6-7-10-4-2-3-5-11(10)8-9/h4*2-10H,1H3;2*2-8H,9H2,1H3;2-5,7-8H,1,6,9H2;2*2-8H,1H3. The average Bonchev–Trinajstić information content (AvgIpc) is 1.76. The quantitative estimate of drug-likeness (QED) is 0.133. The van der Waals surface area contributed by atoms with Gasteiger partial charge < -0.3 is 0 Å². The minimum atomic E-state index is 1.02. The summed E-state index contributed by atoms with van der Waals surface area (Å²) in [5.41, 5.74) is 29.3. The number of hydrogen-bond donors (Lipinski definition) is 0. The van der Waals surface area contributed by atoms with E-state index in [2.05, 4.69) is 487 Å². The fourth-order valence-electron chi connectivity index (χ4n) is 18.3. The van der Waals surface area contributed by atoms with Crippen LogP contribution >= 0.6 is 0 Å². The van der Waals surface area contributed by atoms with Crippen LogP contribution in [0.2, 0.25) is 0 Å². The van der Waals surface area contributed by atoms with Crippen LogP contribution < -0.4 is 0 Å². The van der Waals surface area contributed by atoms with Gasteiger partial charge in [-0.3, -0.25) is 0 Å². The fourth-order valence-corrected chi connectivity index (χ4v) is 18.3. The second kappa shape index (κ2) is 37.6. The molecule has 0 heterocycles. The Labute approximate surface area is 731 Å². The molecule has 0 N–H and O–H groups in total. The van der Waals surface area contributed by atoms with E-state index in [0.29, 0.717) is 0 Å². The monoisotopic (exact) mass is 1590 g/mol. The number of rotatable bonds is 0. The van der Waals surface area contributed by atoms with E-state index in [9.17, 15) is 0 Å². The molecular weight excluding hydrogens is 1490 g/mol. The van der Waals surface area contributed by atoms with Crippen molar-refractivity contribution in [2.45, 2.75) is 81.1 Å². The Hall–Kier alpha value is -14.6. The second-order valence-electron chi connectivity index (χ2n) is 33.6. The van der Waals surface area contributed by atoms with E-state index in [-0.39, 0.29) is 0 Å². The van der Waals surface area contributed by atoms with Crippen LogP contribution in [0.25, 0.3) is 136 Å². The van der Waals surface area contributed by atoms with Gasteiger partial charge in [-0.05, 0) is 272 Å². The van der Waals surface area contributed by atoms with Crippen LogP contribution in [0, 0.1) is 55.4 Å². The molecule has 0 nitrogen and oxygen atoms in total. The van der Waals surface area contributed by atoms with Gasteiger partial charge in [0, 0.05) is 0 Å². The Morgan fingerprint density at radius 3 is 1.20 bits per heavy atom. The van der Waals surface area contributed by atoms with Crippen LogP contribution in [-0.2, 0) is 19.3 Å². The number of aryl methyl sites for hydroxylation is 8. The molecule has 0 spiro atoms. The van der Waals surface area contributed by atoms with E-state index in [1.54, 1.807) is 0 Å². The Kier molecular flexibility index (Phi) is 24.8. The molecule has 0 amide bonds. The van der Waals surface area contributed by atoms with Crippen molar-refractivity contribution in [3.05, 3.63) is 520 Å². The zero-order chi connectivity index (χ0) is 85.0. The minimum Gasteiger partial charge on any atom is -0.0955 e. The lowest BCUT2D eigenvalue weighted by molar-refractivity contribution is 1.19. The van der Waals surface area contributed by atoms with Crippen molar-refractivity contribution < 1.29 is 0 Å². The van der Waals surface area contributed by atoms with Gasteiger partial charge in [-0.25, -0.2) is 0 Å². The van der Waals surface area contributed by atoms with Crippen LogP contribution in [0.5, 0.6) is 0 Å². The van der Waals surface area contributed by atoms with Crippen molar-refractivity contribution in [1.82, 2.24) is 0 Å². The number of fused-ring (bicyclic) bond motifs is 23. The van der Waals surface area contributed by atoms with Crippen LogP contribution in [0.15, 0.2) is 442 Å². The van der Waals surface area contributed by atoms with E-state index in [0.717, 1.165) is 25.7 Å². The lowest BCUT2D eigenvalue weighted by atomic mass is 9.95. The summed E-state index contributed by atoms with van der Waals surface area (Å²) in [6, 6.07) is 147. The first-order valence-electron chi connectivity index (χ1n) is 43.6. The Morgan fingerprint density at radius 2 is 0.565 bits per heavy atom. The van der Waals surface area contributed by atoms with Gasteiger partial charge in [0.05, 0.1) is 0 Å². The smallest absolute Gasteiger partial charge is 0.00134 e. The van der Waals surface area contributed by atoms with Crippen LogP contribution in [-0.4, -0.2) is 0 Å². The molecular formula is C124H104. The molecule has 0 saturated heterocycles. The summed E-state index contributed by atoms with van der Waals surface area (Å²) >= 11 is 0. The molecule has 21 aromatic rings. The maximum atomic E-state index is 4.03. The zero-order valence-corrected chi connectivity index (χ0v) is 72.5. The van der Waals surface area contributed by atoms with Crippen molar-refractivity contribution in [3.8, 4) is 22.3 Å². The summed E-state index contributed by atoms with van der Waals surface area (Å²) in [5, 5.41) is 26.7. The molecule has 0 radical (unpaired) electrons. The summed E-state index contributed by atoms with van der Waals surface area (Å²) < 4.78 is 0. The lowest BCUT2D eigenvalue weighted by Crippen LogP contribution is -1.89. The minimum absolute atomic E-state index is 1.02. The van der Waals surface area contributed by atoms with Crippen molar-refractivity contribution in [1.29, 1.82) is 0 Å². The van der Waals surface area contributed by atoms with Gasteiger partial charge >= 0.3 is 0 Å². The molecule has 124 heavy (non-hydrogen) atoms. The zero-order valence-electron chi connectivity index (χ0n) is 72.5. The van der Waals surface area contributed by atoms with Gasteiger partial charge in [0.1, 0.15) is 0 Å². The van der Waals surface area contributed by atoms with E-state index in [1.165, 1.54) is 225 Å². The Bertz CT molecular complexity index is 7500. The Morgan fingerprint density at radius 1 is 0.202 bits per heavy atom. The first kappa shape index (κ1) is 81.8. The molecule has 0 saturated carbocycles. The van der Waals surface area contributed by atoms with Crippen molar-refractivity contribution in [2.75, 3.05) is 0 Å². The highest BCUT2D eigenvalue weighted by Crippen LogP contribution is 2.42. The Balaban J connectivity index is 0.0000000990. The van der Waals surface area contributed by atoms with Crippen LogP contribution in [0.4, 0.5) is 0 Å². The first-order valence-corrected chi connectivity index (χ1v) is 43.6. The van der Waals surface area contributed by atoms with Gasteiger partial charge in [-0.2, -0.15) is 0 Å². The number of hydrogen-bond acceptors (Lipinski definition) is 0. The molecule has 0 fully saturated rings. The average molecular weight is 1590 g/mol. The summed E-state index contributed by atoms with van der Waals surface area (Å²) in [6.07, 6.45) is 8.89. The van der Waals surface area contributed by atoms with Crippen LogP contribution in [0.3, 0.4) is 0 Å². The topological polar surface area (TPSA) is 0 Å². The van der Waals surface area contributed by atoms with Gasteiger partial charge in [-0.1, -0.05) is 465 Å². The SMILES string of the molecule is C=C1C=C2C(=CC1)Cc1ccccc12.Cc1cc2ccccc2c2ccccc12.Cc1ccc2c(c1)Cc1ccccc1-2.Cc1ccc2c(ccc3ccccc32)c1.Cc1ccc2ccc3ccccc3c2c1.Cc1ccc2ccccc2c1.Cc1ccc2ccccc2c1.Cc1cccc2c1-c1ccccc1C2.Cc1cccc2ccc3ccccc3c12. The molecule has 4 aliphatic carbocycles. The normalized spacial score (nSPS) is 12.0. The molecule has 0 unspecified atom stereocenters. The highest BCUT2D eigenvalue weighted by atomic mass is 14.3. The molecule has 21 aromatic carbocycles. The molecule has 0 atom stereocenters. The summed E-state index contributed by atoms with van der Waals surface area (Å²) in [6.45, 7) is 21.2. The summed E-state index contributed by atoms with van der Waals surface area (Å²) in [4.78, 5) is 0. The van der Waals surface area contributed by atoms with Crippen molar-refractivity contribution in [2.24, 2.45) is 0 Å². The highest BCUT2D eigenvalue weighted by Gasteiger charge is 2.23. The van der Waals surface area contributed by atoms with E-state index < -0.39 is 0 Å². The van der Waals surface area contributed by atoms with Gasteiger partial charge in [0.2, 0.25) is 0 Å². The largest absolute Gasteiger partial charge is 0.0955 e. The summed E-state index contributed by atoms with van der Waals surface area (Å²) in [7, 11) is 0. The van der Waals surface area contributed by atoms with Crippen molar-refractivity contribution in [3.63, 3.8) is 0 Å². The molecule has 600 valence electrons. The molecule has 0 bridgehead atoms. The molecule has 0 aliphatic heterocycles. The molecule has 25 rings (SSSR count). The second-order valence-corrected chi connectivity index (χ2v) is 33.6. The predicted molar refractivity (Wildman–Crippen MR) is 541 cm³/mol. The predicted octanol–water partition coefficient (Wildman–Crippen LogP) is 34.1. The first-order chi connectivity index (χ1) is 60.7. The molecule has 0 heteroatoms. The molecule has 4 aliphatic rings. The molecule has 0 aromatic heterocycles. The maximum Gasteiger partial charge on any atom is -0.00134 e. The van der Waals surface area contributed by atoms with Crippen LogP contribution in [0.1, 0.15) is 84.3 Å². The van der Waals surface area contributed by atoms with Gasteiger partial charge in [0.15, 0.2) is 0 Å². The van der Waals surface area contributed by atoms with E-state index in [4.69, 9.17) is 0 Å². The lowest BCUT2D eigenvalue weighted by Gasteiger charge is -2.09.